The molecular formula is C26H34N4OS. The lowest BCUT2D eigenvalue weighted by molar-refractivity contribution is -0.105. The number of amides is 1. The molecule has 3 N–H and O–H groups in total. The zero-order valence-electron chi connectivity index (χ0n) is 18.8. The van der Waals surface area contributed by atoms with E-state index in [0.717, 1.165) is 34.8 Å². The van der Waals surface area contributed by atoms with Gasteiger partial charge in [0, 0.05) is 34.9 Å². The molecule has 2 fully saturated rings. The molecule has 0 atom stereocenters. The van der Waals surface area contributed by atoms with Crippen LogP contribution in [0.1, 0.15) is 32.6 Å². The number of aromatic nitrogens is 1. The second kappa shape index (κ2) is 13.9. The van der Waals surface area contributed by atoms with E-state index in [1.165, 1.54) is 43.7 Å². The van der Waals surface area contributed by atoms with Gasteiger partial charge in [0.2, 0.25) is 6.41 Å². The lowest BCUT2D eigenvalue weighted by Gasteiger charge is -2.22. The number of anilines is 1. The number of pyridine rings is 1. The third kappa shape index (κ3) is 9.39. The van der Waals surface area contributed by atoms with E-state index in [1.807, 2.05) is 24.3 Å². The highest BCUT2D eigenvalue weighted by Crippen LogP contribution is 2.26. The highest BCUT2D eigenvalue weighted by molar-refractivity contribution is 7.97. The number of fused-ring (bicyclic) bond motifs is 1. The van der Waals surface area contributed by atoms with E-state index in [4.69, 9.17) is 0 Å². The van der Waals surface area contributed by atoms with Crippen molar-refractivity contribution in [3.8, 4) is 0 Å². The molecule has 3 aromatic rings. The molecule has 32 heavy (non-hydrogen) atoms. The van der Waals surface area contributed by atoms with Crippen LogP contribution in [0.4, 0.5) is 5.69 Å². The van der Waals surface area contributed by atoms with Crippen molar-refractivity contribution in [1.29, 1.82) is 0 Å². The fraction of sp³-hybridized carbons (Fsp3) is 0.385. The third-order valence-electron chi connectivity index (χ3n) is 5.50. The first-order valence-electron chi connectivity index (χ1n) is 11.4. The summed E-state index contributed by atoms with van der Waals surface area (Å²) in [6, 6.07) is 18.1. The van der Waals surface area contributed by atoms with Crippen molar-refractivity contribution >= 4 is 34.8 Å². The van der Waals surface area contributed by atoms with Crippen LogP contribution in [0.3, 0.4) is 0 Å². The van der Waals surface area contributed by atoms with Gasteiger partial charge < -0.3 is 10.6 Å². The minimum atomic E-state index is 0.669. The highest BCUT2D eigenvalue weighted by Gasteiger charge is 2.13. The minimum Gasteiger partial charge on any atom is -0.329 e. The Balaban J connectivity index is 0.000000155. The van der Waals surface area contributed by atoms with Crippen molar-refractivity contribution < 1.29 is 4.79 Å². The monoisotopic (exact) mass is 450 g/mol. The lowest BCUT2D eigenvalue weighted by Crippen LogP contribution is -2.31. The molecule has 2 aliphatic rings. The number of benzene rings is 2. The van der Waals surface area contributed by atoms with Gasteiger partial charge in [-0.25, -0.2) is 0 Å². The number of hydrogen-bond acceptors (Lipinski definition) is 5. The van der Waals surface area contributed by atoms with Crippen LogP contribution < -0.4 is 15.4 Å². The normalized spacial score (nSPS) is 15.7. The molecule has 2 aromatic carbocycles. The molecular weight excluding hydrogens is 416 g/mol. The summed E-state index contributed by atoms with van der Waals surface area (Å²) >= 11 is 1.74. The maximum atomic E-state index is 10.2. The largest absolute Gasteiger partial charge is 0.329 e. The second-order valence-electron chi connectivity index (χ2n) is 8.34. The molecule has 0 spiro atoms. The molecule has 0 unspecified atom stereocenters. The quantitative estimate of drug-likeness (QED) is 0.342. The van der Waals surface area contributed by atoms with Gasteiger partial charge in [0.1, 0.15) is 0 Å². The Kier molecular flexibility index (Phi) is 10.5. The van der Waals surface area contributed by atoms with E-state index in [1.54, 1.807) is 24.3 Å². The summed E-state index contributed by atoms with van der Waals surface area (Å²) < 4.78 is 3.46. The molecule has 5 rings (SSSR count). The fourth-order valence-corrected chi connectivity index (χ4v) is 4.00. The van der Waals surface area contributed by atoms with Gasteiger partial charge >= 0.3 is 0 Å². The molecule has 1 amide bonds. The summed E-state index contributed by atoms with van der Waals surface area (Å²) in [7, 11) is 0. The summed E-state index contributed by atoms with van der Waals surface area (Å²) in [5.74, 6) is 1.93. The highest BCUT2D eigenvalue weighted by atomic mass is 32.2. The van der Waals surface area contributed by atoms with Gasteiger partial charge in [-0.05, 0) is 85.4 Å². The number of nitrogens with zero attached hydrogens (tertiary/aromatic N) is 1. The first kappa shape index (κ1) is 24.2. The van der Waals surface area contributed by atoms with E-state index in [0.29, 0.717) is 6.41 Å². The Labute approximate surface area is 195 Å². The molecule has 6 heteroatoms. The number of hydrogen-bond donors (Lipinski definition) is 3. The summed E-state index contributed by atoms with van der Waals surface area (Å²) in [5.41, 5.74) is 0.800. The van der Waals surface area contributed by atoms with Gasteiger partial charge in [-0.3, -0.25) is 14.5 Å². The van der Waals surface area contributed by atoms with E-state index >= 15 is 0 Å². The Bertz CT molecular complexity index is 927. The minimum absolute atomic E-state index is 0.669. The first-order valence-corrected chi connectivity index (χ1v) is 12.3. The van der Waals surface area contributed by atoms with Gasteiger partial charge in [-0.2, -0.15) is 0 Å². The fourth-order valence-electron chi connectivity index (χ4n) is 3.23. The Morgan fingerprint density at radius 3 is 2.47 bits per heavy atom. The van der Waals surface area contributed by atoms with Crippen LogP contribution in [0, 0.1) is 11.8 Å². The standard InChI is InChI=1S/C12H18N2S.C10H8N2O.C4H8/c1-2-4-12(5-3-1)15-14-10-11-6-8-13-9-7-11;13-7-12-10-2-1-9-6-11-4-3-8(9)5-10;1-4-2-3-4/h1-5,11,13-14H,6-10H2;1-7H,(H,12,13);4H,2-3H2,1H3. The molecule has 1 saturated carbocycles. The SMILES string of the molecule is CC1CC1.O=CNc1ccc2cnccc2c1.c1ccc(SNCC2CCNCC2)cc1. The van der Waals surface area contributed by atoms with Crippen LogP contribution in [-0.4, -0.2) is 31.0 Å². The average molecular weight is 451 g/mol. The maximum Gasteiger partial charge on any atom is 0.211 e. The Morgan fingerprint density at radius 1 is 1.03 bits per heavy atom. The smallest absolute Gasteiger partial charge is 0.211 e. The van der Waals surface area contributed by atoms with Crippen molar-refractivity contribution in [2.45, 2.75) is 37.5 Å². The average Bonchev–Trinajstić information content (AvgIpc) is 3.63. The molecule has 1 aromatic heterocycles. The van der Waals surface area contributed by atoms with Crippen molar-refractivity contribution in [2.24, 2.45) is 11.8 Å². The predicted molar refractivity (Wildman–Crippen MR) is 136 cm³/mol. The second-order valence-corrected chi connectivity index (χ2v) is 9.30. The van der Waals surface area contributed by atoms with Crippen LogP contribution in [0.2, 0.25) is 0 Å². The van der Waals surface area contributed by atoms with Gasteiger partial charge in [0.15, 0.2) is 0 Å². The summed E-state index contributed by atoms with van der Waals surface area (Å²) in [6.07, 6.45) is 9.78. The molecule has 5 nitrogen and oxygen atoms in total. The zero-order chi connectivity index (χ0) is 22.4. The van der Waals surface area contributed by atoms with Gasteiger partial charge in [0.25, 0.3) is 0 Å². The number of carbonyl (C=O) groups is 1. The van der Waals surface area contributed by atoms with E-state index in [2.05, 4.69) is 57.6 Å². The van der Waals surface area contributed by atoms with Crippen LogP contribution >= 0.6 is 11.9 Å². The number of carbonyl (C=O) groups excluding carboxylic acids is 1. The Hall–Kier alpha value is -2.41. The zero-order valence-corrected chi connectivity index (χ0v) is 19.6. The predicted octanol–water partition coefficient (Wildman–Crippen LogP) is 5.50. The van der Waals surface area contributed by atoms with Crippen LogP contribution in [-0.2, 0) is 4.79 Å². The number of piperidine rings is 1. The van der Waals surface area contributed by atoms with E-state index < -0.39 is 0 Å². The molecule has 1 saturated heterocycles. The van der Waals surface area contributed by atoms with Crippen LogP contribution in [0.15, 0.2) is 71.9 Å². The summed E-state index contributed by atoms with van der Waals surface area (Å²) in [5, 5.41) is 8.13. The van der Waals surface area contributed by atoms with Crippen LogP contribution in [0.5, 0.6) is 0 Å². The van der Waals surface area contributed by atoms with Crippen molar-refractivity contribution in [3.05, 3.63) is 67.0 Å². The van der Waals surface area contributed by atoms with Gasteiger partial charge in [-0.15, -0.1) is 0 Å². The molecule has 170 valence electrons. The van der Waals surface area contributed by atoms with Crippen molar-refractivity contribution in [2.75, 3.05) is 25.0 Å². The molecule has 1 aliphatic heterocycles. The number of rotatable bonds is 6. The molecule has 0 radical (unpaired) electrons. The third-order valence-corrected chi connectivity index (χ3v) is 6.32. The van der Waals surface area contributed by atoms with E-state index in [-0.39, 0.29) is 0 Å². The molecule has 2 heterocycles. The van der Waals surface area contributed by atoms with Crippen LogP contribution in [0.25, 0.3) is 10.8 Å². The Morgan fingerprint density at radius 2 is 1.78 bits per heavy atom. The maximum absolute atomic E-state index is 10.2. The lowest BCUT2D eigenvalue weighted by atomic mass is 9.99. The number of nitrogens with one attached hydrogen (secondary N) is 3. The van der Waals surface area contributed by atoms with E-state index in [9.17, 15) is 4.79 Å². The van der Waals surface area contributed by atoms with Crippen molar-refractivity contribution in [3.63, 3.8) is 0 Å². The van der Waals surface area contributed by atoms with Crippen molar-refractivity contribution in [1.82, 2.24) is 15.0 Å². The summed E-state index contributed by atoms with van der Waals surface area (Å²) in [4.78, 5) is 15.5. The molecule has 0 bridgehead atoms. The summed E-state index contributed by atoms with van der Waals surface area (Å²) in [6.45, 7) is 5.77. The molecule has 1 aliphatic carbocycles. The first-order chi connectivity index (χ1) is 15.7. The van der Waals surface area contributed by atoms with Gasteiger partial charge in [-0.1, -0.05) is 44.0 Å². The topological polar surface area (TPSA) is 66.0 Å². The van der Waals surface area contributed by atoms with Gasteiger partial charge in [0.05, 0.1) is 0 Å².